The highest BCUT2D eigenvalue weighted by molar-refractivity contribution is 5.83. The summed E-state index contributed by atoms with van der Waals surface area (Å²) in [6.45, 7) is 1.46. The lowest BCUT2D eigenvalue weighted by molar-refractivity contribution is -0.130. The van der Waals surface area contributed by atoms with E-state index in [9.17, 15) is 9.18 Å². The summed E-state index contributed by atoms with van der Waals surface area (Å²) >= 11 is 0. The first-order valence-electron chi connectivity index (χ1n) is 7.20. The molecule has 2 aliphatic heterocycles. The molecule has 1 aromatic carbocycles. The summed E-state index contributed by atoms with van der Waals surface area (Å²) in [6, 6.07) is 6.96. The molecule has 2 unspecified atom stereocenters. The second kappa shape index (κ2) is 5.62. The van der Waals surface area contributed by atoms with Crippen LogP contribution in [0.3, 0.4) is 0 Å². The Bertz CT molecular complexity index is 474. The van der Waals surface area contributed by atoms with E-state index in [4.69, 9.17) is 4.74 Å². The number of ketones is 1. The number of halogens is 1. The van der Waals surface area contributed by atoms with E-state index in [1.807, 2.05) is 0 Å². The Balaban J connectivity index is 1.64. The van der Waals surface area contributed by atoms with Crippen molar-refractivity contribution in [2.75, 3.05) is 20.3 Å². The van der Waals surface area contributed by atoms with Gasteiger partial charge in [-0.15, -0.1) is 0 Å². The van der Waals surface area contributed by atoms with Gasteiger partial charge in [0.1, 0.15) is 11.6 Å². The van der Waals surface area contributed by atoms with Gasteiger partial charge < -0.3 is 4.74 Å². The average Bonchev–Trinajstić information content (AvgIpc) is 2.41. The maximum Gasteiger partial charge on any atom is 0.140 e. The van der Waals surface area contributed by atoms with Gasteiger partial charge in [0.05, 0.1) is 13.2 Å². The van der Waals surface area contributed by atoms with Gasteiger partial charge >= 0.3 is 0 Å². The number of Topliss-reactive ketones (excluding diaryl/α,β-unsaturated/α-hetero) is 1. The van der Waals surface area contributed by atoms with Crippen LogP contribution in [-0.4, -0.2) is 43.0 Å². The number of benzene rings is 1. The topological polar surface area (TPSA) is 29.5 Å². The molecule has 3 rings (SSSR count). The minimum Gasteiger partial charge on any atom is -0.378 e. The Labute approximate surface area is 118 Å². The summed E-state index contributed by atoms with van der Waals surface area (Å²) in [4.78, 5) is 14.8. The zero-order chi connectivity index (χ0) is 14.1. The molecule has 4 heteroatoms. The van der Waals surface area contributed by atoms with E-state index in [2.05, 4.69) is 11.9 Å². The Hall–Kier alpha value is -1.26. The second-order valence-electron chi connectivity index (χ2n) is 5.95. The predicted octanol–water partition coefficient (Wildman–Crippen LogP) is 2.05. The molecule has 0 radical (unpaired) electrons. The van der Waals surface area contributed by atoms with Crippen molar-refractivity contribution >= 4 is 5.78 Å². The Morgan fingerprint density at radius 3 is 2.45 bits per heavy atom. The van der Waals surface area contributed by atoms with Crippen molar-refractivity contribution in [1.82, 2.24) is 4.90 Å². The summed E-state index contributed by atoms with van der Waals surface area (Å²) in [6.07, 6.45) is 2.18. The molecule has 2 saturated heterocycles. The summed E-state index contributed by atoms with van der Waals surface area (Å²) in [7, 11) is 2.12. The molecule has 0 amide bonds. The molecule has 20 heavy (non-hydrogen) atoms. The molecule has 2 heterocycles. The van der Waals surface area contributed by atoms with Crippen molar-refractivity contribution in [1.29, 1.82) is 0 Å². The van der Waals surface area contributed by atoms with Gasteiger partial charge in [-0.3, -0.25) is 9.69 Å². The maximum absolute atomic E-state index is 12.9. The minimum atomic E-state index is -0.257. The molecule has 0 aromatic heterocycles. The maximum atomic E-state index is 12.9. The van der Waals surface area contributed by atoms with Crippen LogP contribution in [0.2, 0.25) is 0 Å². The molecule has 2 bridgehead atoms. The fourth-order valence-electron chi connectivity index (χ4n) is 3.31. The van der Waals surface area contributed by atoms with Crippen LogP contribution >= 0.6 is 0 Å². The molecule has 108 valence electrons. The lowest BCUT2D eigenvalue weighted by atomic mass is 9.81. The normalized spacial score (nSPS) is 30.2. The summed E-state index contributed by atoms with van der Waals surface area (Å²) < 4.78 is 18.4. The molecule has 0 N–H and O–H groups in total. The van der Waals surface area contributed by atoms with Crippen molar-refractivity contribution in [3.05, 3.63) is 35.6 Å². The van der Waals surface area contributed by atoms with Gasteiger partial charge in [-0.2, -0.15) is 0 Å². The first kappa shape index (κ1) is 13.7. The zero-order valence-electron chi connectivity index (χ0n) is 11.7. The third kappa shape index (κ3) is 2.76. The highest BCUT2D eigenvalue weighted by Gasteiger charge is 2.39. The largest absolute Gasteiger partial charge is 0.378 e. The van der Waals surface area contributed by atoms with Crippen molar-refractivity contribution < 1.29 is 13.9 Å². The number of rotatable bonds is 3. The number of morpholine rings is 1. The highest BCUT2D eigenvalue weighted by atomic mass is 19.1. The lowest BCUT2D eigenvalue weighted by Crippen LogP contribution is -2.55. The minimum absolute atomic E-state index is 0.121. The van der Waals surface area contributed by atoms with Gasteiger partial charge in [0.15, 0.2) is 0 Å². The third-order valence-electron chi connectivity index (χ3n) is 4.63. The quantitative estimate of drug-likeness (QED) is 0.847. The molecular weight excluding hydrogens is 257 g/mol. The van der Waals surface area contributed by atoms with Gasteiger partial charge in [-0.05, 0) is 37.6 Å². The third-order valence-corrected chi connectivity index (χ3v) is 4.63. The first-order valence-corrected chi connectivity index (χ1v) is 7.20. The van der Waals surface area contributed by atoms with Crippen LogP contribution in [0, 0.1) is 11.7 Å². The summed E-state index contributed by atoms with van der Waals surface area (Å²) in [5, 5.41) is 0. The predicted molar refractivity (Wildman–Crippen MR) is 74.0 cm³/mol. The van der Waals surface area contributed by atoms with Crippen molar-refractivity contribution in [3.63, 3.8) is 0 Å². The zero-order valence-corrected chi connectivity index (χ0v) is 11.7. The number of piperidine rings is 1. The Morgan fingerprint density at radius 2 is 1.85 bits per heavy atom. The van der Waals surface area contributed by atoms with Crippen molar-refractivity contribution in [2.45, 2.75) is 31.3 Å². The average molecular weight is 277 g/mol. The number of hydrogen-bond acceptors (Lipinski definition) is 3. The van der Waals surface area contributed by atoms with Crippen LogP contribution < -0.4 is 0 Å². The molecule has 0 aliphatic carbocycles. The fraction of sp³-hybridized carbons (Fsp3) is 0.562. The van der Waals surface area contributed by atoms with Crippen molar-refractivity contribution in [3.8, 4) is 0 Å². The van der Waals surface area contributed by atoms with Crippen LogP contribution in [0.25, 0.3) is 0 Å². The SMILES string of the molecule is CN1C2COCC1CC(C(=O)Cc1ccc(F)cc1)C2. The number of carbonyl (C=O) groups excluding carboxylic acids is 1. The Kier molecular flexibility index (Phi) is 3.85. The van der Waals surface area contributed by atoms with Gasteiger partial charge in [0.2, 0.25) is 0 Å². The fourth-order valence-corrected chi connectivity index (χ4v) is 3.31. The van der Waals surface area contributed by atoms with Gasteiger partial charge in [0, 0.05) is 24.4 Å². The van der Waals surface area contributed by atoms with E-state index >= 15 is 0 Å². The van der Waals surface area contributed by atoms with Gasteiger partial charge in [0.25, 0.3) is 0 Å². The van der Waals surface area contributed by atoms with Gasteiger partial charge in [-0.25, -0.2) is 4.39 Å². The van der Waals surface area contributed by atoms with E-state index in [1.165, 1.54) is 12.1 Å². The van der Waals surface area contributed by atoms with Gasteiger partial charge in [-0.1, -0.05) is 12.1 Å². The highest BCUT2D eigenvalue weighted by Crippen LogP contribution is 2.31. The molecule has 2 aliphatic rings. The van der Waals surface area contributed by atoms with Crippen LogP contribution in [0.4, 0.5) is 4.39 Å². The van der Waals surface area contributed by atoms with Crippen molar-refractivity contribution in [2.24, 2.45) is 5.92 Å². The first-order chi connectivity index (χ1) is 9.63. The van der Waals surface area contributed by atoms with E-state index in [-0.39, 0.29) is 17.5 Å². The molecule has 2 atom stereocenters. The number of fused-ring (bicyclic) bond motifs is 2. The number of carbonyl (C=O) groups is 1. The molecular formula is C16H20FNO2. The Morgan fingerprint density at radius 1 is 1.25 bits per heavy atom. The van der Waals surface area contributed by atoms with E-state index in [1.54, 1.807) is 12.1 Å². The number of ether oxygens (including phenoxy) is 1. The van der Waals surface area contributed by atoms with Crippen LogP contribution in [0.5, 0.6) is 0 Å². The number of nitrogens with zero attached hydrogens (tertiary/aromatic N) is 1. The number of likely N-dealkylation sites (N-methyl/N-ethyl adjacent to an activating group) is 1. The van der Waals surface area contributed by atoms with E-state index in [0.29, 0.717) is 18.5 Å². The smallest absolute Gasteiger partial charge is 0.140 e. The second-order valence-corrected chi connectivity index (χ2v) is 5.95. The lowest BCUT2D eigenvalue weighted by Gasteiger charge is -2.46. The standard InChI is InChI=1S/C16H20FNO2/c1-18-14-7-12(8-15(18)10-20-9-14)16(19)6-11-2-4-13(17)5-3-11/h2-5,12,14-15H,6-10H2,1H3. The molecule has 0 spiro atoms. The molecule has 1 aromatic rings. The van der Waals surface area contributed by atoms with E-state index < -0.39 is 0 Å². The summed E-state index contributed by atoms with van der Waals surface area (Å²) in [5.74, 6) is 0.143. The monoisotopic (exact) mass is 277 g/mol. The molecule has 2 fully saturated rings. The van der Waals surface area contributed by atoms with E-state index in [0.717, 1.165) is 31.6 Å². The van der Waals surface area contributed by atoms with Crippen LogP contribution in [0.1, 0.15) is 18.4 Å². The van der Waals surface area contributed by atoms with Crippen LogP contribution in [-0.2, 0) is 16.0 Å². The molecule has 0 saturated carbocycles. The van der Waals surface area contributed by atoms with Crippen LogP contribution in [0.15, 0.2) is 24.3 Å². The number of hydrogen-bond donors (Lipinski definition) is 0. The summed E-state index contributed by atoms with van der Waals surface area (Å²) in [5.41, 5.74) is 0.900. The molecule has 3 nitrogen and oxygen atoms in total.